The Bertz CT molecular complexity index is 744. The number of hydrogen-bond donors (Lipinski definition) is 1. The van der Waals surface area contributed by atoms with E-state index in [1.54, 1.807) is 0 Å². The van der Waals surface area contributed by atoms with E-state index in [-0.39, 0.29) is 5.91 Å². The molecule has 1 aliphatic rings. The van der Waals surface area contributed by atoms with Gasteiger partial charge in [-0.15, -0.1) is 0 Å². The number of nitrogens with one attached hydrogen (secondary N) is 1. The number of piperazine rings is 1. The zero-order chi connectivity index (χ0) is 19.2. The molecule has 27 heavy (non-hydrogen) atoms. The minimum absolute atomic E-state index is 0.241. The number of H-pyrrole nitrogens is 1. The summed E-state index contributed by atoms with van der Waals surface area (Å²) in [6.45, 7) is 11.0. The van der Waals surface area contributed by atoms with Gasteiger partial charge in [-0.2, -0.15) is 5.10 Å². The number of aromatic amines is 1. The predicted octanol–water partition coefficient (Wildman–Crippen LogP) is 2.49. The summed E-state index contributed by atoms with van der Waals surface area (Å²) in [6, 6.07) is 8.09. The van der Waals surface area contributed by atoms with Crippen LogP contribution in [0.15, 0.2) is 24.3 Å². The minimum atomic E-state index is 0.241. The number of ether oxygens (including phenoxy) is 1. The van der Waals surface area contributed by atoms with Crippen LogP contribution in [0.2, 0.25) is 0 Å². The number of carbonyl (C=O) groups is 1. The Morgan fingerprint density at radius 3 is 2.56 bits per heavy atom. The number of rotatable bonds is 7. The zero-order valence-corrected chi connectivity index (χ0v) is 16.6. The van der Waals surface area contributed by atoms with Gasteiger partial charge in [0.2, 0.25) is 5.91 Å². The highest BCUT2D eigenvalue weighted by Gasteiger charge is 2.21. The number of carbonyl (C=O) groups excluding carboxylic acids is 1. The molecule has 1 saturated heterocycles. The topological polar surface area (TPSA) is 61.5 Å². The highest BCUT2D eigenvalue weighted by Crippen LogP contribution is 2.16. The molecule has 0 unspecified atom stereocenters. The van der Waals surface area contributed by atoms with E-state index in [4.69, 9.17) is 4.74 Å². The maximum atomic E-state index is 12.5. The molecule has 0 radical (unpaired) electrons. The summed E-state index contributed by atoms with van der Waals surface area (Å²) in [4.78, 5) is 16.9. The van der Waals surface area contributed by atoms with E-state index in [2.05, 4.69) is 28.1 Å². The van der Waals surface area contributed by atoms with Gasteiger partial charge in [0.1, 0.15) is 12.4 Å². The lowest BCUT2D eigenvalue weighted by molar-refractivity contribution is -0.132. The maximum absolute atomic E-state index is 12.5. The number of benzene rings is 1. The first-order chi connectivity index (χ1) is 13.0. The summed E-state index contributed by atoms with van der Waals surface area (Å²) in [6.07, 6.45) is 1.31. The Labute approximate surface area is 161 Å². The molecule has 1 aromatic carbocycles. The first kappa shape index (κ1) is 19.4. The van der Waals surface area contributed by atoms with E-state index in [0.29, 0.717) is 13.0 Å². The monoisotopic (exact) mass is 370 g/mol. The zero-order valence-electron chi connectivity index (χ0n) is 16.6. The van der Waals surface area contributed by atoms with Crippen LogP contribution in [0.25, 0.3) is 0 Å². The summed E-state index contributed by atoms with van der Waals surface area (Å²) >= 11 is 0. The van der Waals surface area contributed by atoms with Gasteiger partial charge >= 0.3 is 0 Å². The van der Waals surface area contributed by atoms with Crippen molar-refractivity contribution in [2.45, 2.75) is 33.6 Å². The second-order valence-corrected chi connectivity index (χ2v) is 7.25. The number of para-hydroxylation sites is 1. The fourth-order valence-corrected chi connectivity index (χ4v) is 3.56. The molecular formula is C21H30N4O2. The number of aromatic nitrogens is 2. The Morgan fingerprint density at radius 2 is 1.89 bits per heavy atom. The van der Waals surface area contributed by atoms with E-state index in [1.165, 1.54) is 5.56 Å². The lowest BCUT2D eigenvalue weighted by Gasteiger charge is -2.34. The molecule has 2 aromatic rings. The van der Waals surface area contributed by atoms with Crippen molar-refractivity contribution in [2.75, 3.05) is 39.3 Å². The summed E-state index contributed by atoms with van der Waals surface area (Å²) in [7, 11) is 0. The lowest BCUT2D eigenvalue weighted by atomic mass is 10.1. The van der Waals surface area contributed by atoms with Crippen LogP contribution in [0.1, 0.15) is 28.9 Å². The van der Waals surface area contributed by atoms with Crippen molar-refractivity contribution in [1.82, 2.24) is 20.0 Å². The molecular weight excluding hydrogens is 340 g/mol. The first-order valence-electron chi connectivity index (χ1n) is 9.73. The highest BCUT2D eigenvalue weighted by molar-refractivity contribution is 5.76. The van der Waals surface area contributed by atoms with E-state index >= 15 is 0 Å². The molecule has 6 heteroatoms. The molecule has 1 aromatic heterocycles. The van der Waals surface area contributed by atoms with Gasteiger partial charge < -0.3 is 9.64 Å². The van der Waals surface area contributed by atoms with Crippen LogP contribution >= 0.6 is 0 Å². The van der Waals surface area contributed by atoms with Crippen LogP contribution in [0.3, 0.4) is 0 Å². The van der Waals surface area contributed by atoms with Crippen molar-refractivity contribution in [2.24, 2.45) is 0 Å². The maximum Gasteiger partial charge on any atom is 0.222 e. The van der Waals surface area contributed by atoms with Crippen molar-refractivity contribution >= 4 is 5.91 Å². The van der Waals surface area contributed by atoms with Crippen molar-refractivity contribution in [3.05, 3.63) is 46.8 Å². The second kappa shape index (κ2) is 9.04. The third-order valence-electron chi connectivity index (χ3n) is 5.35. The molecule has 1 amide bonds. The van der Waals surface area contributed by atoms with Crippen LogP contribution in [0.5, 0.6) is 5.75 Å². The van der Waals surface area contributed by atoms with Crippen LogP contribution in [0.4, 0.5) is 0 Å². The fraction of sp³-hybridized carbons (Fsp3) is 0.524. The van der Waals surface area contributed by atoms with Crippen molar-refractivity contribution in [1.29, 1.82) is 0 Å². The molecule has 3 rings (SSSR count). The van der Waals surface area contributed by atoms with Gasteiger partial charge in [0.15, 0.2) is 0 Å². The van der Waals surface area contributed by atoms with Crippen LogP contribution in [-0.2, 0) is 11.2 Å². The predicted molar refractivity (Wildman–Crippen MR) is 106 cm³/mol. The van der Waals surface area contributed by atoms with E-state index < -0.39 is 0 Å². The van der Waals surface area contributed by atoms with E-state index in [1.807, 2.05) is 36.9 Å². The molecule has 0 spiro atoms. The number of amides is 1. The molecule has 1 aliphatic heterocycles. The van der Waals surface area contributed by atoms with Gasteiger partial charge in [-0.05, 0) is 44.4 Å². The fourth-order valence-electron chi connectivity index (χ4n) is 3.56. The van der Waals surface area contributed by atoms with Gasteiger partial charge in [0.25, 0.3) is 0 Å². The summed E-state index contributed by atoms with van der Waals surface area (Å²) in [5.41, 5.74) is 4.41. The van der Waals surface area contributed by atoms with E-state index in [9.17, 15) is 4.79 Å². The van der Waals surface area contributed by atoms with Gasteiger partial charge in [0.05, 0.1) is 5.69 Å². The Morgan fingerprint density at radius 1 is 1.15 bits per heavy atom. The average Bonchev–Trinajstić information content (AvgIpc) is 3.00. The van der Waals surface area contributed by atoms with Crippen molar-refractivity contribution < 1.29 is 9.53 Å². The molecule has 0 saturated carbocycles. The van der Waals surface area contributed by atoms with Crippen molar-refractivity contribution in [3.63, 3.8) is 0 Å². The molecule has 0 bridgehead atoms. The Kier molecular flexibility index (Phi) is 6.50. The van der Waals surface area contributed by atoms with Gasteiger partial charge in [0, 0.05) is 44.8 Å². The largest absolute Gasteiger partial charge is 0.492 e. The molecule has 0 atom stereocenters. The summed E-state index contributed by atoms with van der Waals surface area (Å²) in [5.74, 6) is 1.20. The quantitative estimate of drug-likeness (QED) is 0.813. The number of hydrogen-bond acceptors (Lipinski definition) is 4. The SMILES string of the molecule is Cc1ccccc1OCCN1CCN(C(=O)CCc2c(C)n[nH]c2C)CC1. The Hall–Kier alpha value is -2.34. The van der Waals surface area contributed by atoms with Crippen molar-refractivity contribution in [3.8, 4) is 5.75 Å². The number of nitrogens with zero attached hydrogens (tertiary/aromatic N) is 3. The summed E-state index contributed by atoms with van der Waals surface area (Å²) in [5, 5.41) is 7.19. The minimum Gasteiger partial charge on any atom is -0.492 e. The average molecular weight is 370 g/mol. The second-order valence-electron chi connectivity index (χ2n) is 7.25. The van der Waals surface area contributed by atoms with Crippen LogP contribution in [-0.4, -0.2) is 65.2 Å². The van der Waals surface area contributed by atoms with Crippen LogP contribution < -0.4 is 4.74 Å². The third-order valence-corrected chi connectivity index (χ3v) is 5.35. The molecule has 1 fully saturated rings. The number of aryl methyl sites for hydroxylation is 3. The standard InChI is InChI=1S/C21H30N4O2/c1-16-6-4-5-7-20(16)27-15-14-24-10-12-25(13-11-24)21(26)9-8-19-17(2)22-23-18(19)3/h4-7H,8-15H2,1-3H3,(H,22,23). The van der Waals surface area contributed by atoms with Gasteiger partial charge in [-0.1, -0.05) is 18.2 Å². The molecule has 146 valence electrons. The first-order valence-corrected chi connectivity index (χ1v) is 9.73. The van der Waals surface area contributed by atoms with Crippen LogP contribution in [0, 0.1) is 20.8 Å². The summed E-state index contributed by atoms with van der Waals surface area (Å²) < 4.78 is 5.89. The molecule has 1 N–H and O–H groups in total. The Balaban J connectivity index is 1.37. The molecule has 6 nitrogen and oxygen atoms in total. The molecule has 0 aliphatic carbocycles. The smallest absolute Gasteiger partial charge is 0.222 e. The van der Waals surface area contributed by atoms with Gasteiger partial charge in [-0.25, -0.2) is 0 Å². The normalized spacial score (nSPS) is 15.1. The highest BCUT2D eigenvalue weighted by atomic mass is 16.5. The third kappa shape index (κ3) is 5.10. The van der Waals surface area contributed by atoms with E-state index in [0.717, 1.165) is 61.8 Å². The van der Waals surface area contributed by atoms with Gasteiger partial charge in [-0.3, -0.25) is 14.8 Å². The lowest BCUT2D eigenvalue weighted by Crippen LogP contribution is -2.49. The molecule has 2 heterocycles.